The summed E-state index contributed by atoms with van der Waals surface area (Å²) in [7, 11) is -3.84. The van der Waals surface area contributed by atoms with E-state index in [2.05, 4.69) is 10.0 Å². The molecule has 0 atom stereocenters. The molecular formula is C20H16ClFN2O4S. The van der Waals surface area contributed by atoms with Crippen LogP contribution >= 0.6 is 11.6 Å². The van der Waals surface area contributed by atoms with Crippen LogP contribution in [0.15, 0.2) is 77.7 Å². The number of hydrogen-bond acceptors (Lipinski definition) is 4. The molecule has 0 unspecified atom stereocenters. The quantitative estimate of drug-likeness (QED) is 0.580. The lowest BCUT2D eigenvalue weighted by molar-refractivity contribution is -0.118. The molecule has 0 bridgehead atoms. The van der Waals surface area contributed by atoms with Gasteiger partial charge in [-0.15, -0.1) is 0 Å². The first-order valence-electron chi connectivity index (χ1n) is 8.38. The second-order valence-corrected chi connectivity index (χ2v) is 8.05. The molecule has 0 aliphatic rings. The van der Waals surface area contributed by atoms with E-state index in [1.165, 1.54) is 36.4 Å². The minimum Gasteiger partial charge on any atom is -0.484 e. The van der Waals surface area contributed by atoms with E-state index in [9.17, 15) is 17.6 Å². The highest BCUT2D eigenvalue weighted by molar-refractivity contribution is 7.92. The Morgan fingerprint density at radius 1 is 0.966 bits per heavy atom. The van der Waals surface area contributed by atoms with Gasteiger partial charge in [-0.1, -0.05) is 17.7 Å². The van der Waals surface area contributed by atoms with Gasteiger partial charge in [-0.2, -0.15) is 0 Å². The van der Waals surface area contributed by atoms with Crippen molar-refractivity contribution in [2.45, 2.75) is 4.90 Å². The second-order valence-electron chi connectivity index (χ2n) is 5.93. The molecule has 0 saturated heterocycles. The maximum atomic E-state index is 12.9. The molecule has 0 saturated carbocycles. The molecule has 0 fully saturated rings. The minimum atomic E-state index is -3.84. The lowest BCUT2D eigenvalue weighted by atomic mass is 10.3. The zero-order valence-corrected chi connectivity index (χ0v) is 16.5. The van der Waals surface area contributed by atoms with Crippen LogP contribution in [0.1, 0.15) is 0 Å². The molecule has 9 heteroatoms. The Morgan fingerprint density at radius 2 is 1.62 bits per heavy atom. The minimum absolute atomic E-state index is 0.00463. The third-order valence-electron chi connectivity index (χ3n) is 3.71. The monoisotopic (exact) mass is 434 g/mol. The number of hydrogen-bond donors (Lipinski definition) is 2. The Bertz CT molecular complexity index is 1100. The number of sulfonamides is 1. The van der Waals surface area contributed by atoms with Crippen LogP contribution < -0.4 is 14.8 Å². The van der Waals surface area contributed by atoms with E-state index in [4.69, 9.17) is 16.3 Å². The van der Waals surface area contributed by atoms with Crippen molar-refractivity contribution in [1.29, 1.82) is 0 Å². The third-order valence-corrected chi connectivity index (χ3v) is 5.34. The van der Waals surface area contributed by atoms with Crippen molar-refractivity contribution >= 4 is 38.9 Å². The Labute approximate surface area is 172 Å². The van der Waals surface area contributed by atoms with Gasteiger partial charge in [0.1, 0.15) is 11.6 Å². The fourth-order valence-electron chi connectivity index (χ4n) is 2.35. The van der Waals surface area contributed by atoms with Gasteiger partial charge < -0.3 is 10.1 Å². The number of anilines is 2. The summed E-state index contributed by atoms with van der Waals surface area (Å²) in [6.07, 6.45) is 0. The first-order valence-corrected chi connectivity index (χ1v) is 10.2. The fourth-order valence-corrected chi connectivity index (χ4v) is 3.59. The van der Waals surface area contributed by atoms with Crippen LogP contribution in [0.25, 0.3) is 0 Å². The van der Waals surface area contributed by atoms with Gasteiger partial charge in [0.05, 0.1) is 4.90 Å². The molecule has 29 heavy (non-hydrogen) atoms. The molecule has 0 aliphatic carbocycles. The predicted molar refractivity (Wildman–Crippen MR) is 109 cm³/mol. The smallest absolute Gasteiger partial charge is 0.262 e. The average molecular weight is 435 g/mol. The first kappa shape index (κ1) is 20.6. The van der Waals surface area contributed by atoms with E-state index >= 15 is 0 Å². The number of carbonyl (C=O) groups excluding carboxylic acids is 1. The molecule has 0 aliphatic heterocycles. The van der Waals surface area contributed by atoms with E-state index < -0.39 is 21.7 Å². The average Bonchev–Trinajstić information content (AvgIpc) is 2.69. The topological polar surface area (TPSA) is 84.5 Å². The summed E-state index contributed by atoms with van der Waals surface area (Å²) in [5.74, 6) is -0.418. The van der Waals surface area contributed by atoms with Crippen LogP contribution in [0.5, 0.6) is 5.75 Å². The molecular weight excluding hydrogens is 419 g/mol. The van der Waals surface area contributed by atoms with Crippen LogP contribution in [-0.4, -0.2) is 20.9 Å². The highest BCUT2D eigenvalue weighted by atomic mass is 35.5. The van der Waals surface area contributed by atoms with Crippen molar-refractivity contribution < 1.29 is 22.3 Å². The largest absolute Gasteiger partial charge is 0.484 e. The Hall–Kier alpha value is -3.10. The van der Waals surface area contributed by atoms with Gasteiger partial charge in [-0.05, 0) is 66.7 Å². The molecule has 0 radical (unpaired) electrons. The number of carbonyl (C=O) groups is 1. The summed E-state index contributed by atoms with van der Waals surface area (Å²) in [5.41, 5.74) is 0.646. The van der Waals surface area contributed by atoms with Crippen LogP contribution in [0.4, 0.5) is 15.8 Å². The first-order chi connectivity index (χ1) is 13.8. The van der Waals surface area contributed by atoms with E-state index in [1.54, 1.807) is 24.3 Å². The number of ether oxygens (including phenoxy) is 1. The number of nitrogens with one attached hydrogen (secondary N) is 2. The summed E-state index contributed by atoms with van der Waals surface area (Å²) in [5, 5.41) is 3.10. The second kappa shape index (κ2) is 8.93. The lowest BCUT2D eigenvalue weighted by Crippen LogP contribution is -2.20. The van der Waals surface area contributed by atoms with Crippen molar-refractivity contribution in [2.24, 2.45) is 0 Å². The van der Waals surface area contributed by atoms with Crippen LogP contribution in [-0.2, 0) is 14.8 Å². The molecule has 6 nitrogen and oxygen atoms in total. The molecule has 3 rings (SSSR count). The Balaban J connectivity index is 1.58. The molecule has 150 valence electrons. The van der Waals surface area contributed by atoms with E-state index in [0.717, 1.165) is 12.1 Å². The molecule has 1 amide bonds. The van der Waals surface area contributed by atoms with E-state index in [0.29, 0.717) is 16.5 Å². The predicted octanol–water partition coefficient (Wildman–Crippen LogP) is 4.30. The van der Waals surface area contributed by atoms with Gasteiger partial charge in [0.25, 0.3) is 15.9 Å². The van der Waals surface area contributed by atoms with E-state index in [1.807, 2.05) is 0 Å². The zero-order valence-electron chi connectivity index (χ0n) is 14.9. The number of benzene rings is 3. The zero-order chi connectivity index (χ0) is 20.9. The highest BCUT2D eigenvalue weighted by Gasteiger charge is 2.14. The number of rotatable bonds is 7. The standard InChI is InChI=1S/C20H16ClFN2O4S/c21-14-2-1-3-18(12-14)28-13-20(25)23-16-8-10-19(11-9-16)29(26,27)24-17-6-4-15(22)5-7-17/h1-12,24H,13H2,(H,23,25). The van der Waals surface area contributed by atoms with Gasteiger partial charge in [-0.3, -0.25) is 9.52 Å². The molecule has 0 spiro atoms. The van der Waals surface area contributed by atoms with Gasteiger partial charge in [0, 0.05) is 16.4 Å². The van der Waals surface area contributed by atoms with Crippen molar-refractivity contribution in [3.8, 4) is 5.75 Å². The summed E-state index contributed by atoms with van der Waals surface area (Å²) < 4.78 is 45.4. The van der Waals surface area contributed by atoms with Gasteiger partial charge >= 0.3 is 0 Å². The lowest BCUT2D eigenvalue weighted by Gasteiger charge is -2.10. The molecule has 0 heterocycles. The maximum Gasteiger partial charge on any atom is 0.262 e. The maximum absolute atomic E-state index is 12.9. The molecule has 3 aromatic carbocycles. The summed E-state index contributed by atoms with van der Waals surface area (Å²) >= 11 is 5.85. The van der Waals surface area contributed by atoms with Gasteiger partial charge in [-0.25, -0.2) is 12.8 Å². The Kier molecular flexibility index (Phi) is 6.36. The summed E-state index contributed by atoms with van der Waals surface area (Å²) in [6, 6.07) is 17.2. The number of amides is 1. The Morgan fingerprint density at radius 3 is 2.28 bits per heavy atom. The summed E-state index contributed by atoms with van der Waals surface area (Å²) in [6.45, 7) is -0.230. The molecule has 0 aromatic heterocycles. The van der Waals surface area contributed by atoms with Crippen LogP contribution in [0, 0.1) is 5.82 Å². The van der Waals surface area contributed by atoms with Gasteiger partial charge in [0.2, 0.25) is 0 Å². The third kappa shape index (κ3) is 5.94. The van der Waals surface area contributed by atoms with Crippen molar-refractivity contribution in [3.63, 3.8) is 0 Å². The van der Waals surface area contributed by atoms with Crippen molar-refractivity contribution in [3.05, 3.63) is 83.6 Å². The SMILES string of the molecule is O=C(COc1cccc(Cl)c1)Nc1ccc(S(=O)(=O)Nc2ccc(F)cc2)cc1. The van der Waals surface area contributed by atoms with Crippen molar-refractivity contribution in [2.75, 3.05) is 16.6 Å². The number of halogens is 2. The molecule has 2 N–H and O–H groups in total. The van der Waals surface area contributed by atoms with Crippen LogP contribution in [0.3, 0.4) is 0 Å². The fraction of sp³-hybridized carbons (Fsp3) is 0.0500. The van der Waals surface area contributed by atoms with Gasteiger partial charge in [0.15, 0.2) is 6.61 Å². The summed E-state index contributed by atoms with van der Waals surface area (Å²) in [4.78, 5) is 12.0. The highest BCUT2D eigenvalue weighted by Crippen LogP contribution is 2.19. The van der Waals surface area contributed by atoms with Crippen LogP contribution in [0.2, 0.25) is 5.02 Å². The molecule has 3 aromatic rings. The van der Waals surface area contributed by atoms with E-state index in [-0.39, 0.29) is 17.2 Å². The van der Waals surface area contributed by atoms with Crippen molar-refractivity contribution in [1.82, 2.24) is 0 Å². The normalized spacial score (nSPS) is 11.0.